The van der Waals surface area contributed by atoms with E-state index in [9.17, 15) is 0 Å². The van der Waals surface area contributed by atoms with Crippen LogP contribution in [0, 0.1) is 6.92 Å². The third-order valence-corrected chi connectivity index (χ3v) is 4.76. The number of rotatable bonds is 1. The Labute approximate surface area is 96.9 Å². The first-order chi connectivity index (χ1) is 7.11. The molecule has 1 saturated heterocycles. The van der Waals surface area contributed by atoms with Gasteiger partial charge in [-0.3, -0.25) is 0 Å². The molecule has 82 valence electrons. The molecule has 1 heterocycles. The van der Waals surface area contributed by atoms with E-state index in [2.05, 4.69) is 68.6 Å². The molecule has 15 heavy (non-hydrogen) atoms. The third-order valence-electron chi connectivity index (χ3n) is 3.32. The average Bonchev–Trinajstić information content (AvgIpc) is 2.43. The van der Waals surface area contributed by atoms with Crippen LogP contribution in [0.5, 0.6) is 0 Å². The van der Waals surface area contributed by atoms with E-state index in [1.54, 1.807) is 0 Å². The van der Waals surface area contributed by atoms with Gasteiger partial charge in [0.15, 0.2) is 0 Å². The van der Waals surface area contributed by atoms with E-state index in [1.165, 1.54) is 11.3 Å². The van der Waals surface area contributed by atoms with Gasteiger partial charge in [0.25, 0.3) is 0 Å². The molecule has 0 spiro atoms. The van der Waals surface area contributed by atoms with Crippen molar-refractivity contribution in [1.82, 2.24) is 0 Å². The topological polar surface area (TPSA) is 3.24 Å². The summed E-state index contributed by atoms with van der Waals surface area (Å²) in [6.45, 7) is 9.15. The van der Waals surface area contributed by atoms with Gasteiger partial charge >= 0.3 is 0 Å². The fraction of sp³-hybridized carbons (Fsp3) is 0.538. The maximum absolute atomic E-state index is 2.55. The van der Waals surface area contributed by atoms with Gasteiger partial charge in [0, 0.05) is 17.0 Å². The summed E-state index contributed by atoms with van der Waals surface area (Å²) in [5, 5.41) is 1.32. The zero-order valence-electron chi connectivity index (χ0n) is 9.90. The van der Waals surface area contributed by atoms with Gasteiger partial charge in [-0.1, -0.05) is 25.1 Å². The van der Waals surface area contributed by atoms with E-state index in [0.29, 0.717) is 11.4 Å². The largest absolute Gasteiger partial charge is 0.356 e. The Morgan fingerprint density at radius 2 is 1.80 bits per heavy atom. The van der Waals surface area contributed by atoms with Crippen LogP contribution in [0.4, 0.5) is 5.69 Å². The molecule has 1 aliphatic rings. The molecule has 0 aliphatic carbocycles. The molecule has 2 heteroatoms. The predicted molar refractivity (Wildman–Crippen MR) is 69.6 cm³/mol. The SMILES string of the molecule is Cc1ccccc1N1C(C)SC(C)[C@@H]1C. The maximum Gasteiger partial charge on any atom is 0.0729 e. The third kappa shape index (κ3) is 1.87. The van der Waals surface area contributed by atoms with E-state index < -0.39 is 0 Å². The van der Waals surface area contributed by atoms with Crippen LogP contribution in [-0.2, 0) is 0 Å². The molecule has 0 saturated carbocycles. The highest BCUT2D eigenvalue weighted by atomic mass is 32.2. The second-order valence-corrected chi connectivity index (χ2v) is 6.07. The van der Waals surface area contributed by atoms with E-state index in [1.807, 2.05) is 0 Å². The van der Waals surface area contributed by atoms with Crippen molar-refractivity contribution in [1.29, 1.82) is 0 Å². The van der Waals surface area contributed by atoms with Crippen molar-refractivity contribution in [2.24, 2.45) is 0 Å². The van der Waals surface area contributed by atoms with Crippen LogP contribution < -0.4 is 4.90 Å². The summed E-state index contributed by atoms with van der Waals surface area (Å²) in [4.78, 5) is 2.55. The molecular weight excluding hydrogens is 202 g/mol. The van der Waals surface area contributed by atoms with Crippen LogP contribution in [0.1, 0.15) is 26.3 Å². The average molecular weight is 221 g/mol. The summed E-state index contributed by atoms with van der Waals surface area (Å²) in [7, 11) is 0. The van der Waals surface area contributed by atoms with E-state index in [-0.39, 0.29) is 0 Å². The highest BCUT2D eigenvalue weighted by Gasteiger charge is 2.34. The number of anilines is 1. The van der Waals surface area contributed by atoms with Crippen molar-refractivity contribution in [2.75, 3.05) is 4.90 Å². The van der Waals surface area contributed by atoms with Gasteiger partial charge in [-0.05, 0) is 32.4 Å². The van der Waals surface area contributed by atoms with Gasteiger partial charge in [-0.25, -0.2) is 0 Å². The summed E-state index contributed by atoms with van der Waals surface area (Å²) < 4.78 is 0. The number of benzene rings is 1. The maximum atomic E-state index is 2.55. The number of thioether (sulfide) groups is 1. The molecule has 0 bridgehead atoms. The van der Waals surface area contributed by atoms with E-state index in [4.69, 9.17) is 0 Å². The zero-order chi connectivity index (χ0) is 11.0. The lowest BCUT2D eigenvalue weighted by atomic mass is 10.1. The van der Waals surface area contributed by atoms with Gasteiger partial charge in [-0.2, -0.15) is 0 Å². The number of para-hydroxylation sites is 1. The van der Waals surface area contributed by atoms with Gasteiger partial charge in [-0.15, -0.1) is 11.8 Å². The monoisotopic (exact) mass is 221 g/mol. The van der Waals surface area contributed by atoms with Crippen LogP contribution in [0.15, 0.2) is 24.3 Å². The Balaban J connectivity index is 2.35. The fourth-order valence-corrected chi connectivity index (χ4v) is 3.73. The molecule has 0 radical (unpaired) electrons. The Morgan fingerprint density at radius 3 is 2.33 bits per heavy atom. The lowest BCUT2D eigenvalue weighted by Gasteiger charge is -2.29. The summed E-state index contributed by atoms with van der Waals surface area (Å²) in [6.07, 6.45) is 0. The molecule has 0 N–H and O–H groups in total. The lowest BCUT2D eigenvalue weighted by Crippen LogP contribution is -2.35. The van der Waals surface area contributed by atoms with E-state index >= 15 is 0 Å². The highest BCUT2D eigenvalue weighted by molar-refractivity contribution is 8.00. The van der Waals surface area contributed by atoms with Crippen molar-refractivity contribution in [3.63, 3.8) is 0 Å². The van der Waals surface area contributed by atoms with Crippen molar-refractivity contribution in [3.05, 3.63) is 29.8 Å². The molecule has 1 nitrogen and oxygen atoms in total. The van der Waals surface area contributed by atoms with Crippen LogP contribution >= 0.6 is 11.8 Å². The molecule has 0 amide bonds. The minimum atomic E-state index is 0.594. The van der Waals surface area contributed by atoms with Gasteiger partial charge < -0.3 is 4.90 Å². The second-order valence-electron chi connectivity index (χ2n) is 4.37. The lowest BCUT2D eigenvalue weighted by molar-refractivity contribution is 0.661. The van der Waals surface area contributed by atoms with Crippen LogP contribution in [0.25, 0.3) is 0 Å². The Kier molecular flexibility index (Phi) is 2.96. The molecule has 2 unspecified atom stereocenters. The summed E-state index contributed by atoms with van der Waals surface area (Å²) in [5.74, 6) is 0. The summed E-state index contributed by atoms with van der Waals surface area (Å²) in [5.41, 5.74) is 2.78. The standard InChI is InChI=1S/C13H19NS/c1-9-7-5-6-8-13(9)14-10(2)11(3)15-12(14)4/h5-8,10-12H,1-4H3/t10-,11?,12?/m0/s1. The fourth-order valence-electron chi connectivity index (χ4n) is 2.32. The van der Waals surface area contributed by atoms with Crippen LogP contribution in [0.2, 0.25) is 0 Å². The highest BCUT2D eigenvalue weighted by Crippen LogP contribution is 2.39. The molecule has 2 rings (SSSR count). The van der Waals surface area contributed by atoms with E-state index in [0.717, 1.165) is 5.25 Å². The smallest absolute Gasteiger partial charge is 0.0729 e. The normalized spacial score (nSPS) is 30.9. The van der Waals surface area contributed by atoms with Crippen LogP contribution in [-0.4, -0.2) is 16.7 Å². The molecule has 1 aromatic carbocycles. The zero-order valence-corrected chi connectivity index (χ0v) is 10.7. The first-order valence-corrected chi connectivity index (χ1v) is 6.55. The number of aryl methyl sites for hydroxylation is 1. The first-order valence-electron chi connectivity index (χ1n) is 5.60. The quantitative estimate of drug-likeness (QED) is 0.712. The molecular formula is C13H19NS. The van der Waals surface area contributed by atoms with Gasteiger partial charge in [0.05, 0.1) is 5.37 Å². The molecule has 1 aromatic rings. The van der Waals surface area contributed by atoms with Gasteiger partial charge in [0.2, 0.25) is 0 Å². The summed E-state index contributed by atoms with van der Waals surface area (Å²) in [6, 6.07) is 9.31. The minimum Gasteiger partial charge on any atom is -0.356 e. The van der Waals surface area contributed by atoms with Gasteiger partial charge in [0.1, 0.15) is 0 Å². The number of hydrogen-bond acceptors (Lipinski definition) is 2. The first kappa shape index (κ1) is 10.9. The second kappa shape index (κ2) is 4.09. The van der Waals surface area contributed by atoms with Crippen molar-refractivity contribution < 1.29 is 0 Å². The van der Waals surface area contributed by atoms with Crippen LogP contribution in [0.3, 0.4) is 0 Å². The van der Waals surface area contributed by atoms with Crippen molar-refractivity contribution in [2.45, 2.75) is 44.4 Å². The summed E-state index contributed by atoms with van der Waals surface area (Å²) >= 11 is 2.07. The molecule has 0 aromatic heterocycles. The Bertz CT molecular complexity index is 350. The Morgan fingerprint density at radius 1 is 1.13 bits per heavy atom. The molecule has 3 atom stereocenters. The number of hydrogen-bond donors (Lipinski definition) is 0. The Hall–Kier alpha value is -0.630. The predicted octanol–water partition coefficient (Wildman–Crippen LogP) is 3.67. The minimum absolute atomic E-state index is 0.594. The number of nitrogens with zero attached hydrogens (tertiary/aromatic N) is 1. The van der Waals surface area contributed by atoms with Crippen molar-refractivity contribution in [3.8, 4) is 0 Å². The molecule has 1 fully saturated rings. The van der Waals surface area contributed by atoms with Crippen molar-refractivity contribution >= 4 is 17.4 Å². The molecule has 1 aliphatic heterocycles.